The zero-order valence-electron chi connectivity index (χ0n) is 13.8. The van der Waals surface area contributed by atoms with Crippen LogP contribution in [0.2, 0.25) is 0 Å². The number of hydrogen-bond acceptors (Lipinski definition) is 6. The Morgan fingerprint density at radius 3 is 2.54 bits per heavy atom. The Morgan fingerprint density at radius 1 is 1.08 bits per heavy atom. The third-order valence-electron chi connectivity index (χ3n) is 3.75. The summed E-state index contributed by atoms with van der Waals surface area (Å²) in [6.45, 7) is 2.16. The topological polar surface area (TPSA) is 59.9 Å². The van der Waals surface area contributed by atoms with Gasteiger partial charge in [0.15, 0.2) is 0 Å². The fourth-order valence-electron chi connectivity index (χ4n) is 2.35. The van der Waals surface area contributed by atoms with E-state index in [4.69, 9.17) is 4.74 Å². The molecule has 1 aromatic carbocycles. The van der Waals surface area contributed by atoms with Gasteiger partial charge in [-0.05, 0) is 61.7 Å². The number of nitrogens with zero attached hydrogens (tertiary/aromatic N) is 3. The molecule has 1 N–H and O–H groups in total. The van der Waals surface area contributed by atoms with Gasteiger partial charge in [0.05, 0.1) is 7.11 Å². The minimum Gasteiger partial charge on any atom is -0.497 e. The van der Waals surface area contributed by atoms with E-state index < -0.39 is 0 Å². The van der Waals surface area contributed by atoms with Gasteiger partial charge in [0.1, 0.15) is 10.8 Å². The molecule has 0 fully saturated rings. The van der Waals surface area contributed by atoms with Crippen LogP contribution in [0.5, 0.6) is 5.75 Å². The number of methoxy groups -OCH3 is 1. The van der Waals surface area contributed by atoms with E-state index >= 15 is 0 Å². The summed E-state index contributed by atoms with van der Waals surface area (Å²) in [6.07, 6.45) is 5.71. The van der Waals surface area contributed by atoms with Gasteiger partial charge in [-0.1, -0.05) is 11.3 Å². The first-order chi connectivity index (χ1) is 11.7. The maximum Gasteiger partial charge on any atom is 0.206 e. The maximum atomic E-state index is 5.18. The van der Waals surface area contributed by atoms with Gasteiger partial charge in [0.2, 0.25) is 5.13 Å². The number of aryl methyl sites for hydroxylation is 1. The first-order valence-corrected chi connectivity index (χ1v) is 8.69. The van der Waals surface area contributed by atoms with Crippen molar-refractivity contribution in [2.45, 2.75) is 25.8 Å². The predicted molar refractivity (Wildman–Crippen MR) is 97.5 cm³/mol. The Labute approximate surface area is 145 Å². The molecule has 0 aliphatic heterocycles. The molecule has 1 unspecified atom stereocenters. The summed E-state index contributed by atoms with van der Waals surface area (Å²) in [5, 5.41) is 13.7. The molecular weight excluding hydrogens is 320 g/mol. The molecule has 0 aliphatic rings. The van der Waals surface area contributed by atoms with Gasteiger partial charge < -0.3 is 10.1 Å². The number of pyridine rings is 1. The lowest BCUT2D eigenvalue weighted by molar-refractivity contribution is 0.415. The van der Waals surface area contributed by atoms with Gasteiger partial charge in [-0.2, -0.15) is 0 Å². The van der Waals surface area contributed by atoms with E-state index in [0.29, 0.717) is 6.04 Å². The highest BCUT2D eigenvalue weighted by Crippen LogP contribution is 2.28. The van der Waals surface area contributed by atoms with Gasteiger partial charge in [-0.25, -0.2) is 0 Å². The van der Waals surface area contributed by atoms with Crippen LogP contribution in [0.4, 0.5) is 5.13 Å². The monoisotopic (exact) mass is 340 g/mol. The number of anilines is 1. The second kappa shape index (κ2) is 7.88. The Hall–Kier alpha value is -2.47. The lowest BCUT2D eigenvalue weighted by Crippen LogP contribution is -2.15. The van der Waals surface area contributed by atoms with Crippen molar-refractivity contribution in [3.05, 3.63) is 54.4 Å². The molecule has 6 heteroatoms. The Morgan fingerprint density at radius 2 is 1.83 bits per heavy atom. The van der Waals surface area contributed by atoms with E-state index in [2.05, 4.69) is 39.6 Å². The molecule has 3 aromatic rings. The average Bonchev–Trinajstić information content (AvgIpc) is 3.09. The summed E-state index contributed by atoms with van der Waals surface area (Å²) in [5.41, 5.74) is 2.35. The van der Waals surface area contributed by atoms with E-state index in [1.165, 1.54) is 5.56 Å². The highest BCUT2D eigenvalue weighted by atomic mass is 32.1. The SMILES string of the molecule is COc1ccc(-c2nnc(NC(C)CCc3ccncc3)s2)cc1. The number of aromatic nitrogens is 3. The van der Waals surface area contributed by atoms with Gasteiger partial charge in [0, 0.05) is 24.0 Å². The van der Waals surface area contributed by atoms with Crippen molar-refractivity contribution >= 4 is 16.5 Å². The van der Waals surface area contributed by atoms with E-state index in [-0.39, 0.29) is 0 Å². The summed E-state index contributed by atoms with van der Waals surface area (Å²) in [4.78, 5) is 4.04. The molecule has 0 amide bonds. The first-order valence-electron chi connectivity index (χ1n) is 7.88. The Balaban J connectivity index is 1.56. The summed E-state index contributed by atoms with van der Waals surface area (Å²) in [6, 6.07) is 12.3. The second-order valence-electron chi connectivity index (χ2n) is 5.58. The van der Waals surface area contributed by atoms with Crippen LogP contribution < -0.4 is 10.1 Å². The van der Waals surface area contributed by atoms with Crippen molar-refractivity contribution in [1.82, 2.24) is 15.2 Å². The molecule has 0 aliphatic carbocycles. The highest BCUT2D eigenvalue weighted by Gasteiger charge is 2.09. The lowest BCUT2D eigenvalue weighted by atomic mass is 10.1. The molecule has 2 aromatic heterocycles. The summed E-state index contributed by atoms with van der Waals surface area (Å²) < 4.78 is 5.18. The maximum absolute atomic E-state index is 5.18. The van der Waals surface area contributed by atoms with Crippen LogP contribution in [0, 0.1) is 0 Å². The zero-order chi connectivity index (χ0) is 16.8. The lowest BCUT2D eigenvalue weighted by Gasteiger charge is -2.12. The summed E-state index contributed by atoms with van der Waals surface area (Å²) in [5.74, 6) is 0.839. The minimum absolute atomic E-state index is 0.329. The molecule has 0 bridgehead atoms. The van der Waals surface area contributed by atoms with Crippen molar-refractivity contribution in [1.29, 1.82) is 0 Å². The van der Waals surface area contributed by atoms with Gasteiger partial charge in [0.25, 0.3) is 0 Å². The molecule has 2 heterocycles. The van der Waals surface area contributed by atoms with Crippen LogP contribution in [0.3, 0.4) is 0 Å². The van der Waals surface area contributed by atoms with Crippen molar-refractivity contribution in [3.8, 4) is 16.3 Å². The van der Waals surface area contributed by atoms with E-state index in [1.807, 2.05) is 36.7 Å². The van der Waals surface area contributed by atoms with E-state index in [1.54, 1.807) is 18.4 Å². The van der Waals surface area contributed by atoms with Gasteiger partial charge >= 0.3 is 0 Å². The number of rotatable bonds is 7. The summed E-state index contributed by atoms with van der Waals surface area (Å²) in [7, 11) is 1.66. The molecule has 124 valence electrons. The third-order valence-corrected chi connectivity index (χ3v) is 4.65. The fraction of sp³-hybridized carbons (Fsp3) is 0.278. The molecular formula is C18H20N4OS. The number of benzene rings is 1. The minimum atomic E-state index is 0.329. The van der Waals surface area contributed by atoms with Crippen molar-refractivity contribution in [3.63, 3.8) is 0 Å². The normalized spacial score (nSPS) is 11.9. The number of hydrogen-bond donors (Lipinski definition) is 1. The predicted octanol–water partition coefficient (Wildman–Crippen LogP) is 4.04. The van der Waals surface area contributed by atoms with Gasteiger partial charge in [-0.15, -0.1) is 10.2 Å². The molecule has 5 nitrogen and oxygen atoms in total. The molecule has 3 rings (SSSR count). The smallest absolute Gasteiger partial charge is 0.206 e. The molecule has 0 saturated heterocycles. The average molecular weight is 340 g/mol. The number of nitrogens with one attached hydrogen (secondary N) is 1. The van der Waals surface area contributed by atoms with Crippen LogP contribution in [0.1, 0.15) is 18.9 Å². The third kappa shape index (κ3) is 4.29. The van der Waals surface area contributed by atoms with Crippen LogP contribution in [-0.2, 0) is 6.42 Å². The van der Waals surface area contributed by atoms with Crippen molar-refractivity contribution in [2.75, 3.05) is 12.4 Å². The molecule has 24 heavy (non-hydrogen) atoms. The molecule has 0 saturated carbocycles. The Kier molecular flexibility index (Phi) is 5.38. The van der Waals surface area contributed by atoms with Crippen LogP contribution in [0.15, 0.2) is 48.8 Å². The quantitative estimate of drug-likeness (QED) is 0.703. The second-order valence-corrected chi connectivity index (χ2v) is 6.56. The largest absolute Gasteiger partial charge is 0.497 e. The van der Waals surface area contributed by atoms with Crippen molar-refractivity contribution in [2.24, 2.45) is 0 Å². The molecule has 1 atom stereocenters. The Bertz CT molecular complexity index is 758. The van der Waals surface area contributed by atoms with E-state index in [9.17, 15) is 0 Å². The van der Waals surface area contributed by atoms with Crippen molar-refractivity contribution < 1.29 is 4.74 Å². The standard InChI is InChI=1S/C18H20N4OS/c1-13(3-4-14-9-11-19-12-10-14)20-18-22-21-17(24-18)15-5-7-16(23-2)8-6-15/h5-13H,3-4H2,1-2H3,(H,20,22). The summed E-state index contributed by atoms with van der Waals surface area (Å²) >= 11 is 1.57. The zero-order valence-corrected chi connectivity index (χ0v) is 14.6. The van der Waals surface area contributed by atoms with Crippen LogP contribution in [-0.4, -0.2) is 28.3 Å². The molecule has 0 spiro atoms. The fourth-order valence-corrected chi connectivity index (χ4v) is 3.21. The van der Waals surface area contributed by atoms with Crippen LogP contribution >= 0.6 is 11.3 Å². The van der Waals surface area contributed by atoms with Gasteiger partial charge in [-0.3, -0.25) is 4.98 Å². The van der Waals surface area contributed by atoms with E-state index in [0.717, 1.165) is 34.3 Å². The highest BCUT2D eigenvalue weighted by molar-refractivity contribution is 7.18. The van der Waals surface area contributed by atoms with Crippen LogP contribution in [0.25, 0.3) is 10.6 Å². The first kappa shape index (κ1) is 16.4. The number of ether oxygens (including phenoxy) is 1. The molecule has 0 radical (unpaired) electrons.